The van der Waals surface area contributed by atoms with Crippen LogP contribution in [-0.4, -0.2) is 37.5 Å². The van der Waals surface area contributed by atoms with Crippen LogP contribution in [0.3, 0.4) is 0 Å². The van der Waals surface area contributed by atoms with Crippen molar-refractivity contribution in [1.29, 1.82) is 0 Å². The van der Waals surface area contributed by atoms with Crippen LogP contribution in [0, 0.1) is 6.92 Å². The van der Waals surface area contributed by atoms with Crippen LogP contribution in [0.5, 0.6) is 0 Å². The van der Waals surface area contributed by atoms with Crippen molar-refractivity contribution in [3.63, 3.8) is 0 Å². The molecule has 23 heavy (non-hydrogen) atoms. The fraction of sp³-hybridized carbons (Fsp3) is 0.529. The van der Waals surface area contributed by atoms with E-state index in [-0.39, 0.29) is 18.4 Å². The smallest absolute Gasteiger partial charge is 0.275 e. The molecule has 1 saturated heterocycles. The predicted molar refractivity (Wildman–Crippen MR) is 94.5 cm³/mol. The van der Waals surface area contributed by atoms with Crippen LogP contribution in [0.1, 0.15) is 31.7 Å². The lowest BCUT2D eigenvalue weighted by Gasteiger charge is -2.29. The van der Waals surface area contributed by atoms with E-state index in [0.29, 0.717) is 12.6 Å². The van der Waals surface area contributed by atoms with Crippen LogP contribution in [0.25, 0.3) is 0 Å². The van der Waals surface area contributed by atoms with E-state index >= 15 is 0 Å². The molecule has 126 valence electrons. The normalized spacial score (nSPS) is 20.8. The first kappa shape index (κ1) is 17.9. The number of likely N-dealkylation sites (tertiary alicyclic amines) is 1. The van der Waals surface area contributed by atoms with Crippen molar-refractivity contribution in [1.82, 2.24) is 5.32 Å². The first-order valence-corrected chi connectivity index (χ1v) is 8.92. The van der Waals surface area contributed by atoms with E-state index in [1.54, 1.807) is 0 Å². The number of halogens is 1. The van der Waals surface area contributed by atoms with Gasteiger partial charge in [0.05, 0.1) is 19.1 Å². The van der Waals surface area contributed by atoms with Gasteiger partial charge in [-0.2, -0.15) is 0 Å². The number of benzene rings is 1. The molecule has 3 N–H and O–H groups in total. The summed E-state index contributed by atoms with van der Waals surface area (Å²) in [6.45, 7) is 5.62. The highest BCUT2D eigenvalue weighted by molar-refractivity contribution is 9.10. The van der Waals surface area contributed by atoms with Crippen molar-refractivity contribution in [3.8, 4) is 0 Å². The molecule has 1 aromatic carbocycles. The molecule has 2 atom stereocenters. The summed E-state index contributed by atoms with van der Waals surface area (Å²) in [5, 5.41) is 5.54. The van der Waals surface area contributed by atoms with E-state index in [9.17, 15) is 9.59 Å². The Kier molecular flexibility index (Phi) is 6.59. The summed E-state index contributed by atoms with van der Waals surface area (Å²) in [4.78, 5) is 25.3. The minimum absolute atomic E-state index is 0.00992. The molecular weight excluding hydrogens is 358 g/mol. The average Bonchev–Trinajstić information content (AvgIpc) is 2.50. The Balaban J connectivity index is 1.76. The Morgan fingerprint density at radius 3 is 2.78 bits per heavy atom. The van der Waals surface area contributed by atoms with Crippen LogP contribution in [0.15, 0.2) is 22.7 Å². The summed E-state index contributed by atoms with van der Waals surface area (Å²) in [7, 11) is 0. The lowest BCUT2D eigenvalue weighted by Crippen LogP contribution is -3.17. The highest BCUT2D eigenvalue weighted by atomic mass is 79.9. The van der Waals surface area contributed by atoms with E-state index in [4.69, 9.17) is 0 Å². The van der Waals surface area contributed by atoms with E-state index in [2.05, 4.69) is 33.5 Å². The fourth-order valence-electron chi connectivity index (χ4n) is 2.93. The zero-order valence-corrected chi connectivity index (χ0v) is 15.3. The fourth-order valence-corrected chi connectivity index (χ4v) is 3.40. The minimum Gasteiger partial charge on any atom is -0.342 e. The molecule has 0 radical (unpaired) electrons. The van der Waals surface area contributed by atoms with Crippen LogP contribution < -0.4 is 15.5 Å². The summed E-state index contributed by atoms with van der Waals surface area (Å²) in [5.74, 6) is -0.262. The van der Waals surface area contributed by atoms with E-state index in [1.807, 2.05) is 25.1 Å². The second-order valence-electron chi connectivity index (χ2n) is 6.27. The molecule has 0 saturated carbocycles. The molecule has 0 bridgehead atoms. The molecule has 1 aromatic rings. The van der Waals surface area contributed by atoms with E-state index in [0.717, 1.165) is 22.3 Å². The molecule has 1 aliphatic heterocycles. The molecule has 6 heteroatoms. The molecule has 2 rings (SSSR count). The van der Waals surface area contributed by atoms with Gasteiger partial charge in [0.1, 0.15) is 0 Å². The number of carbonyl (C=O) groups excluding carboxylic acids is 2. The predicted octanol–water partition coefficient (Wildman–Crippen LogP) is 1.27. The van der Waals surface area contributed by atoms with Crippen LogP contribution in [0.4, 0.5) is 5.69 Å². The maximum Gasteiger partial charge on any atom is 0.275 e. The summed E-state index contributed by atoms with van der Waals surface area (Å²) in [5.41, 5.74) is 1.74. The molecule has 0 aromatic heterocycles. The number of nitrogens with one attached hydrogen (secondary N) is 3. The maximum atomic E-state index is 12.0. The number of amides is 2. The van der Waals surface area contributed by atoms with Gasteiger partial charge in [0.25, 0.3) is 5.91 Å². The van der Waals surface area contributed by atoms with Gasteiger partial charge in [-0.3, -0.25) is 9.59 Å². The van der Waals surface area contributed by atoms with Crippen molar-refractivity contribution in [2.75, 3.05) is 25.0 Å². The largest absolute Gasteiger partial charge is 0.342 e. The summed E-state index contributed by atoms with van der Waals surface area (Å²) < 4.78 is 0.972. The quantitative estimate of drug-likeness (QED) is 0.717. The Labute approximate surface area is 145 Å². The first-order valence-electron chi connectivity index (χ1n) is 8.13. The monoisotopic (exact) mass is 382 g/mol. The van der Waals surface area contributed by atoms with Gasteiger partial charge in [-0.1, -0.05) is 15.9 Å². The van der Waals surface area contributed by atoms with Crippen molar-refractivity contribution < 1.29 is 14.5 Å². The van der Waals surface area contributed by atoms with Gasteiger partial charge in [-0.15, -0.1) is 0 Å². The van der Waals surface area contributed by atoms with E-state index in [1.165, 1.54) is 24.2 Å². The van der Waals surface area contributed by atoms with Crippen molar-refractivity contribution >= 4 is 33.4 Å². The number of quaternary nitrogens is 1. The number of hydrogen-bond acceptors (Lipinski definition) is 2. The van der Waals surface area contributed by atoms with Gasteiger partial charge in [-0.25, -0.2) is 0 Å². The molecular formula is C17H25BrN3O2+. The molecule has 5 nitrogen and oxygen atoms in total. The first-order chi connectivity index (χ1) is 11.0. The standard InChI is InChI=1S/C17H24BrN3O2/c1-12-9-14(18)6-7-15(12)20-16(22)10-19-17(23)11-21-8-4-3-5-13(21)2/h6-7,9,13H,3-5,8,10-11H2,1-2H3,(H,19,23)(H,20,22)/p+1/t13-/m1/s1. The molecule has 2 amide bonds. The molecule has 1 unspecified atom stereocenters. The van der Waals surface area contributed by atoms with Crippen molar-refractivity contribution in [3.05, 3.63) is 28.2 Å². The third-order valence-corrected chi connectivity index (χ3v) is 4.87. The van der Waals surface area contributed by atoms with Crippen LogP contribution >= 0.6 is 15.9 Å². The summed E-state index contributed by atoms with van der Waals surface area (Å²) in [6.07, 6.45) is 3.60. The number of aryl methyl sites for hydroxylation is 1. The maximum absolute atomic E-state index is 12.0. The Bertz CT molecular complexity index is 577. The number of piperidine rings is 1. The molecule has 1 heterocycles. The Hall–Kier alpha value is -1.40. The van der Waals surface area contributed by atoms with Gasteiger partial charge in [-0.05, 0) is 56.9 Å². The number of rotatable bonds is 5. The zero-order valence-electron chi connectivity index (χ0n) is 13.7. The van der Waals surface area contributed by atoms with Gasteiger partial charge in [0.2, 0.25) is 5.91 Å². The lowest BCUT2D eigenvalue weighted by atomic mass is 10.0. The number of carbonyl (C=O) groups is 2. The summed E-state index contributed by atoms with van der Waals surface area (Å²) >= 11 is 3.39. The van der Waals surface area contributed by atoms with Crippen molar-refractivity contribution in [2.45, 2.75) is 39.2 Å². The lowest BCUT2D eigenvalue weighted by molar-refractivity contribution is -0.920. The van der Waals surface area contributed by atoms with E-state index < -0.39 is 0 Å². The van der Waals surface area contributed by atoms with Crippen molar-refractivity contribution in [2.24, 2.45) is 0 Å². The third kappa shape index (κ3) is 5.62. The SMILES string of the molecule is Cc1cc(Br)ccc1NC(=O)CNC(=O)C[NH+]1CCCC[C@H]1C. The minimum atomic E-state index is -0.203. The van der Waals surface area contributed by atoms with Crippen LogP contribution in [-0.2, 0) is 9.59 Å². The second-order valence-corrected chi connectivity index (χ2v) is 7.18. The van der Waals surface area contributed by atoms with Gasteiger partial charge >= 0.3 is 0 Å². The topological polar surface area (TPSA) is 62.6 Å². The van der Waals surface area contributed by atoms with Gasteiger partial charge in [0.15, 0.2) is 6.54 Å². The number of hydrogen-bond donors (Lipinski definition) is 3. The van der Waals surface area contributed by atoms with Gasteiger partial charge < -0.3 is 15.5 Å². The molecule has 1 aliphatic rings. The molecule has 0 spiro atoms. The Morgan fingerprint density at radius 2 is 2.09 bits per heavy atom. The van der Waals surface area contributed by atoms with Crippen LogP contribution in [0.2, 0.25) is 0 Å². The number of anilines is 1. The average molecular weight is 383 g/mol. The Morgan fingerprint density at radius 1 is 1.30 bits per heavy atom. The molecule has 1 fully saturated rings. The highest BCUT2D eigenvalue weighted by Gasteiger charge is 2.24. The molecule has 0 aliphatic carbocycles. The zero-order chi connectivity index (χ0) is 16.8. The second kappa shape index (κ2) is 8.45. The summed E-state index contributed by atoms with van der Waals surface area (Å²) in [6, 6.07) is 6.18. The third-order valence-electron chi connectivity index (χ3n) is 4.38. The van der Waals surface area contributed by atoms with Gasteiger partial charge in [0, 0.05) is 10.2 Å². The highest BCUT2D eigenvalue weighted by Crippen LogP contribution is 2.19.